The third kappa shape index (κ3) is 1.02. The van der Waals surface area contributed by atoms with Crippen molar-refractivity contribution in [1.29, 1.82) is 0 Å². The van der Waals surface area contributed by atoms with Crippen molar-refractivity contribution in [1.82, 2.24) is 10.5 Å². The summed E-state index contributed by atoms with van der Waals surface area (Å²) >= 11 is 0. The van der Waals surface area contributed by atoms with Crippen LogP contribution in [0.5, 0.6) is 0 Å². The average molecular weight is 114 g/mol. The Labute approximate surface area is 46.1 Å². The summed E-state index contributed by atoms with van der Waals surface area (Å²) in [6, 6.07) is -0.418. The van der Waals surface area contributed by atoms with Crippen LogP contribution in [0.4, 0.5) is 4.79 Å². The van der Waals surface area contributed by atoms with Crippen LogP contribution < -0.4 is 11.3 Å². The zero-order chi connectivity index (χ0) is 5.98. The van der Waals surface area contributed by atoms with Crippen molar-refractivity contribution in [2.75, 3.05) is 6.54 Å². The molecule has 0 spiro atoms. The number of rotatable bonds is 0. The van der Waals surface area contributed by atoms with Gasteiger partial charge in [0.2, 0.25) is 0 Å². The summed E-state index contributed by atoms with van der Waals surface area (Å²) in [7, 11) is 0. The van der Waals surface area contributed by atoms with Crippen LogP contribution in [0.2, 0.25) is 0 Å². The highest BCUT2D eigenvalue weighted by Crippen LogP contribution is 1.79. The summed E-state index contributed by atoms with van der Waals surface area (Å²) < 4.78 is 0. The third-order valence-electron chi connectivity index (χ3n) is 0.726. The third-order valence-corrected chi connectivity index (χ3v) is 0.726. The molecule has 0 saturated heterocycles. The minimum atomic E-state index is -0.418. The Morgan fingerprint density at radius 2 is 2.75 bits per heavy atom. The zero-order valence-corrected chi connectivity index (χ0v) is 4.16. The van der Waals surface area contributed by atoms with E-state index in [1.807, 2.05) is 0 Å². The largest absolute Gasteiger partial charge is 0.356 e. The van der Waals surface area contributed by atoms with Gasteiger partial charge in [0, 0.05) is 6.21 Å². The number of carbonyl (C=O) groups is 1. The molecule has 1 rings (SSSR count). The molecule has 0 aromatic heterocycles. The van der Waals surface area contributed by atoms with Gasteiger partial charge in [-0.15, -0.1) is 0 Å². The van der Waals surface area contributed by atoms with Crippen molar-refractivity contribution >= 4 is 12.2 Å². The van der Waals surface area contributed by atoms with Crippen molar-refractivity contribution in [2.24, 2.45) is 10.8 Å². The Balaban J connectivity index is 2.54. The van der Waals surface area contributed by atoms with Crippen molar-refractivity contribution < 1.29 is 4.79 Å². The van der Waals surface area contributed by atoms with Crippen LogP contribution in [-0.4, -0.2) is 23.9 Å². The second kappa shape index (κ2) is 1.89. The van der Waals surface area contributed by atoms with E-state index in [9.17, 15) is 4.79 Å². The average Bonchev–Trinajstić information content (AvgIpc) is 1.64. The van der Waals surface area contributed by atoms with E-state index in [-0.39, 0.29) is 0 Å². The number of hydrazine groups is 2. The van der Waals surface area contributed by atoms with Crippen molar-refractivity contribution in [3.05, 3.63) is 0 Å². The quantitative estimate of drug-likeness (QED) is 0.391. The minimum absolute atomic E-state index is 0.418. The first kappa shape index (κ1) is 5.20. The molecule has 8 heavy (non-hydrogen) atoms. The lowest BCUT2D eigenvalue weighted by molar-refractivity contribution is 0.196. The number of nitrogens with one attached hydrogen (secondary N) is 1. The van der Waals surface area contributed by atoms with Gasteiger partial charge in [-0.1, -0.05) is 0 Å². The van der Waals surface area contributed by atoms with Gasteiger partial charge in [-0.25, -0.2) is 9.79 Å². The molecule has 0 atom stereocenters. The van der Waals surface area contributed by atoms with Crippen molar-refractivity contribution in [3.8, 4) is 0 Å². The van der Waals surface area contributed by atoms with Gasteiger partial charge in [0.15, 0.2) is 0 Å². The normalized spacial score (nSPS) is 20.9. The molecule has 1 aliphatic rings. The predicted octanol–water partition coefficient (Wildman–Crippen LogP) is -1.13. The Morgan fingerprint density at radius 1 is 2.00 bits per heavy atom. The predicted molar refractivity (Wildman–Crippen MR) is 27.9 cm³/mol. The lowest BCUT2D eigenvalue weighted by Crippen LogP contribution is -2.49. The number of urea groups is 1. The molecule has 1 aliphatic heterocycles. The van der Waals surface area contributed by atoms with E-state index in [0.29, 0.717) is 6.54 Å². The van der Waals surface area contributed by atoms with E-state index in [1.54, 1.807) is 0 Å². The maximum Gasteiger partial charge on any atom is 0.356 e. The number of amides is 2. The van der Waals surface area contributed by atoms with Gasteiger partial charge < -0.3 is 0 Å². The van der Waals surface area contributed by atoms with E-state index < -0.39 is 6.03 Å². The van der Waals surface area contributed by atoms with Crippen molar-refractivity contribution in [2.45, 2.75) is 0 Å². The summed E-state index contributed by atoms with van der Waals surface area (Å²) in [6.45, 7) is 0.464. The Morgan fingerprint density at radius 3 is 3.12 bits per heavy atom. The fraction of sp³-hybridized carbons (Fsp3) is 0.333. The van der Waals surface area contributed by atoms with Crippen molar-refractivity contribution in [3.63, 3.8) is 0 Å². The van der Waals surface area contributed by atoms with Crippen LogP contribution in [0.15, 0.2) is 4.99 Å². The van der Waals surface area contributed by atoms with E-state index in [0.717, 1.165) is 5.12 Å². The Kier molecular flexibility index (Phi) is 1.23. The molecule has 0 radical (unpaired) electrons. The van der Waals surface area contributed by atoms with E-state index in [1.165, 1.54) is 6.21 Å². The summed E-state index contributed by atoms with van der Waals surface area (Å²) in [6.07, 6.45) is 1.44. The number of nitrogens with two attached hydrogens (primary N) is 1. The van der Waals surface area contributed by atoms with Gasteiger partial charge in [-0.2, -0.15) is 5.12 Å². The number of hydrogen-bond donors (Lipinski definition) is 2. The second-order valence-corrected chi connectivity index (χ2v) is 1.38. The van der Waals surface area contributed by atoms with Gasteiger partial charge >= 0.3 is 6.03 Å². The highest BCUT2D eigenvalue weighted by molar-refractivity contribution is 5.85. The highest BCUT2D eigenvalue weighted by atomic mass is 16.2. The fourth-order valence-electron chi connectivity index (χ4n) is 0.409. The van der Waals surface area contributed by atoms with Gasteiger partial charge in [0.05, 0.1) is 6.54 Å². The molecule has 5 nitrogen and oxygen atoms in total. The van der Waals surface area contributed by atoms with Crippen LogP contribution in [0, 0.1) is 0 Å². The molecule has 0 fully saturated rings. The second-order valence-electron chi connectivity index (χ2n) is 1.38. The fourth-order valence-corrected chi connectivity index (χ4v) is 0.409. The Hall–Kier alpha value is -0.940. The van der Waals surface area contributed by atoms with Gasteiger partial charge in [0.1, 0.15) is 0 Å². The molecule has 0 aromatic rings. The highest BCUT2D eigenvalue weighted by Gasteiger charge is 2.05. The molecular formula is C3H6N4O. The molecule has 1 heterocycles. The van der Waals surface area contributed by atoms with E-state index in [4.69, 9.17) is 5.84 Å². The number of carbonyl (C=O) groups excluding carboxylic acids is 1. The molecule has 0 unspecified atom stereocenters. The zero-order valence-electron chi connectivity index (χ0n) is 4.16. The molecule has 3 N–H and O–H groups in total. The summed E-state index contributed by atoms with van der Waals surface area (Å²) in [4.78, 5) is 13.6. The summed E-state index contributed by atoms with van der Waals surface area (Å²) in [5, 5.41) is 1.16. The molecule has 0 aromatic carbocycles. The van der Waals surface area contributed by atoms with Crippen LogP contribution in [0.1, 0.15) is 0 Å². The lowest BCUT2D eigenvalue weighted by atomic mass is 10.7. The van der Waals surface area contributed by atoms with Gasteiger partial charge in [0.25, 0.3) is 0 Å². The number of nitrogens with zero attached hydrogens (tertiary/aromatic N) is 2. The summed E-state index contributed by atoms with van der Waals surface area (Å²) in [5.74, 6) is 5.14. The van der Waals surface area contributed by atoms with Crippen LogP contribution in [-0.2, 0) is 0 Å². The first-order chi connectivity index (χ1) is 3.79. The lowest BCUT2D eigenvalue weighted by Gasteiger charge is -2.15. The molecule has 5 heteroatoms. The summed E-state index contributed by atoms with van der Waals surface area (Å²) in [5.41, 5.74) is 2.25. The number of hydrogen-bond acceptors (Lipinski definition) is 3. The Bertz CT molecular complexity index is 131. The minimum Gasteiger partial charge on any atom is -0.255 e. The molecule has 2 amide bonds. The molecule has 0 bridgehead atoms. The molecule has 44 valence electrons. The maximum atomic E-state index is 10.2. The number of aliphatic imine (C=N–C) groups is 1. The van der Waals surface area contributed by atoms with Crippen LogP contribution >= 0.6 is 0 Å². The SMILES string of the molecule is NN1CC=NC(=O)N1. The molecular weight excluding hydrogens is 108 g/mol. The monoisotopic (exact) mass is 114 g/mol. The van der Waals surface area contributed by atoms with Gasteiger partial charge in [-0.05, 0) is 0 Å². The van der Waals surface area contributed by atoms with Crippen LogP contribution in [0.3, 0.4) is 0 Å². The van der Waals surface area contributed by atoms with Crippen LogP contribution in [0.25, 0.3) is 0 Å². The van der Waals surface area contributed by atoms with E-state index >= 15 is 0 Å². The maximum absolute atomic E-state index is 10.2. The first-order valence-electron chi connectivity index (χ1n) is 2.14. The molecule has 0 aliphatic carbocycles. The standard InChI is InChI=1S/C3H6N4O/c4-7-2-1-5-3(8)6-7/h1H,2,4H2,(H,6,8). The first-order valence-corrected chi connectivity index (χ1v) is 2.14. The molecule has 0 saturated carbocycles. The van der Waals surface area contributed by atoms with Gasteiger partial charge in [-0.3, -0.25) is 11.3 Å². The smallest absolute Gasteiger partial charge is 0.255 e. The van der Waals surface area contributed by atoms with E-state index in [2.05, 4.69) is 10.4 Å². The topological polar surface area (TPSA) is 70.7 Å².